The van der Waals surface area contributed by atoms with Gasteiger partial charge in [0.25, 0.3) is 0 Å². The third-order valence-corrected chi connectivity index (χ3v) is 6.48. The second-order valence-corrected chi connectivity index (χ2v) is 8.50. The van der Waals surface area contributed by atoms with E-state index in [0.717, 1.165) is 31.2 Å². The number of hydrogen-bond acceptors (Lipinski definition) is 5. The Labute approximate surface area is 183 Å². The van der Waals surface area contributed by atoms with E-state index in [0.29, 0.717) is 12.8 Å². The number of nitrogens with zero attached hydrogens (tertiary/aromatic N) is 1. The maximum atomic E-state index is 13.4. The predicted molar refractivity (Wildman–Crippen MR) is 117 cm³/mol. The SMILES string of the molecule is CN[C@@H](C)C(=O)N[C@H]1CCCC[C@H]2CC[C@@H](C(=O)N[C@H](CO)c3ccccc3)N2C1=O. The Hall–Kier alpha value is -2.45. The van der Waals surface area contributed by atoms with Crippen molar-refractivity contribution in [3.05, 3.63) is 35.9 Å². The highest BCUT2D eigenvalue weighted by molar-refractivity contribution is 5.93. The second kappa shape index (κ2) is 10.7. The molecule has 1 aromatic rings. The first-order valence-corrected chi connectivity index (χ1v) is 11.2. The van der Waals surface area contributed by atoms with Crippen molar-refractivity contribution in [1.29, 1.82) is 0 Å². The van der Waals surface area contributed by atoms with Crippen LogP contribution in [0, 0.1) is 0 Å². The fourth-order valence-electron chi connectivity index (χ4n) is 4.54. The molecule has 31 heavy (non-hydrogen) atoms. The standard InChI is InChI=1S/C23H34N4O4/c1-15(24-2)21(29)25-18-11-7-6-10-17-12-13-20(27(17)23(18)31)22(30)26-19(14-28)16-8-4-3-5-9-16/h3-5,8-9,15,17-20,24,28H,6-7,10-14H2,1-2H3,(H,25,29)(H,26,30)/t15-,17-,18-,19+,20-/m0/s1. The van der Waals surface area contributed by atoms with Gasteiger partial charge in [0.1, 0.15) is 12.1 Å². The Morgan fingerprint density at radius 1 is 1.13 bits per heavy atom. The molecule has 2 aliphatic heterocycles. The van der Waals surface area contributed by atoms with Gasteiger partial charge in [-0.2, -0.15) is 0 Å². The molecule has 2 fully saturated rings. The van der Waals surface area contributed by atoms with Crippen molar-refractivity contribution in [3.8, 4) is 0 Å². The summed E-state index contributed by atoms with van der Waals surface area (Å²) in [5.41, 5.74) is 0.818. The molecule has 0 spiro atoms. The van der Waals surface area contributed by atoms with Gasteiger partial charge in [-0.25, -0.2) is 0 Å². The van der Waals surface area contributed by atoms with Crippen LogP contribution in [0.5, 0.6) is 0 Å². The Balaban J connectivity index is 1.75. The van der Waals surface area contributed by atoms with Crippen LogP contribution in [0.1, 0.15) is 57.1 Å². The minimum absolute atomic E-state index is 0.00831. The van der Waals surface area contributed by atoms with Gasteiger partial charge in [0.05, 0.1) is 18.7 Å². The van der Waals surface area contributed by atoms with Crippen LogP contribution in [0.15, 0.2) is 30.3 Å². The van der Waals surface area contributed by atoms with Crippen molar-refractivity contribution < 1.29 is 19.5 Å². The summed E-state index contributed by atoms with van der Waals surface area (Å²) < 4.78 is 0. The van der Waals surface area contributed by atoms with Crippen LogP contribution in [0.25, 0.3) is 0 Å². The molecule has 3 amide bonds. The number of aliphatic hydroxyl groups is 1. The lowest BCUT2D eigenvalue weighted by Gasteiger charge is -2.36. The van der Waals surface area contributed by atoms with Crippen molar-refractivity contribution in [1.82, 2.24) is 20.9 Å². The number of hydrogen-bond donors (Lipinski definition) is 4. The molecule has 2 saturated heterocycles. The zero-order chi connectivity index (χ0) is 22.4. The Kier molecular flexibility index (Phi) is 8.03. The van der Waals surface area contributed by atoms with Gasteiger partial charge in [-0.15, -0.1) is 0 Å². The van der Waals surface area contributed by atoms with Crippen LogP contribution in [0.4, 0.5) is 0 Å². The van der Waals surface area contributed by atoms with E-state index >= 15 is 0 Å². The molecule has 170 valence electrons. The largest absolute Gasteiger partial charge is 0.394 e. The van der Waals surface area contributed by atoms with Crippen LogP contribution >= 0.6 is 0 Å². The molecule has 0 unspecified atom stereocenters. The molecule has 1 aromatic carbocycles. The highest BCUT2D eigenvalue weighted by atomic mass is 16.3. The molecule has 2 heterocycles. The number of carbonyl (C=O) groups excluding carboxylic acids is 3. The number of nitrogens with one attached hydrogen (secondary N) is 3. The molecule has 2 aliphatic rings. The highest BCUT2D eigenvalue weighted by Crippen LogP contribution is 2.31. The van der Waals surface area contributed by atoms with Crippen molar-refractivity contribution >= 4 is 17.7 Å². The van der Waals surface area contributed by atoms with Crippen molar-refractivity contribution in [3.63, 3.8) is 0 Å². The topological polar surface area (TPSA) is 111 Å². The summed E-state index contributed by atoms with van der Waals surface area (Å²) >= 11 is 0. The van der Waals surface area contributed by atoms with E-state index in [1.54, 1.807) is 18.9 Å². The molecule has 8 heteroatoms. The van der Waals surface area contributed by atoms with E-state index in [-0.39, 0.29) is 30.4 Å². The fourth-order valence-corrected chi connectivity index (χ4v) is 4.54. The molecule has 4 N–H and O–H groups in total. The van der Waals surface area contributed by atoms with Crippen molar-refractivity contribution in [2.45, 2.75) is 75.7 Å². The summed E-state index contributed by atoms with van der Waals surface area (Å²) in [4.78, 5) is 40.7. The summed E-state index contributed by atoms with van der Waals surface area (Å²) in [5, 5.41) is 18.5. The lowest BCUT2D eigenvalue weighted by molar-refractivity contribution is -0.144. The second-order valence-electron chi connectivity index (χ2n) is 8.50. The zero-order valence-corrected chi connectivity index (χ0v) is 18.3. The monoisotopic (exact) mass is 430 g/mol. The maximum Gasteiger partial charge on any atom is 0.246 e. The average Bonchev–Trinajstić information content (AvgIpc) is 3.21. The van der Waals surface area contributed by atoms with Gasteiger partial charge >= 0.3 is 0 Å². The van der Waals surface area contributed by atoms with Crippen molar-refractivity contribution in [2.75, 3.05) is 13.7 Å². The van der Waals surface area contributed by atoms with Gasteiger partial charge in [-0.3, -0.25) is 14.4 Å². The van der Waals surface area contributed by atoms with Crippen molar-refractivity contribution in [2.24, 2.45) is 0 Å². The molecule has 0 saturated carbocycles. The van der Waals surface area contributed by atoms with E-state index in [2.05, 4.69) is 16.0 Å². The van der Waals surface area contributed by atoms with Crippen LogP contribution in [-0.2, 0) is 14.4 Å². The normalized spacial score (nSPS) is 25.7. The van der Waals surface area contributed by atoms with Crippen LogP contribution < -0.4 is 16.0 Å². The van der Waals surface area contributed by atoms with E-state index < -0.39 is 24.2 Å². The Morgan fingerprint density at radius 2 is 1.84 bits per heavy atom. The van der Waals surface area contributed by atoms with Crippen LogP contribution in [0.2, 0.25) is 0 Å². The summed E-state index contributed by atoms with van der Waals surface area (Å²) in [6, 6.07) is 7.18. The number of benzene rings is 1. The highest BCUT2D eigenvalue weighted by Gasteiger charge is 2.44. The summed E-state index contributed by atoms with van der Waals surface area (Å²) in [6.45, 7) is 1.52. The smallest absolute Gasteiger partial charge is 0.246 e. The molecule has 8 nitrogen and oxygen atoms in total. The quantitative estimate of drug-likeness (QED) is 0.513. The van der Waals surface area contributed by atoms with Crippen LogP contribution in [-0.4, -0.2) is 65.5 Å². The molecule has 0 radical (unpaired) electrons. The molecule has 0 aliphatic carbocycles. The number of carbonyl (C=O) groups is 3. The van der Waals surface area contributed by atoms with Gasteiger partial charge < -0.3 is 26.0 Å². The molecular formula is C23H34N4O4. The fraction of sp³-hybridized carbons (Fsp3) is 0.609. The lowest BCUT2D eigenvalue weighted by Crippen LogP contribution is -2.58. The maximum absolute atomic E-state index is 13.4. The number of amides is 3. The van der Waals surface area contributed by atoms with E-state index in [1.165, 1.54) is 0 Å². The number of rotatable bonds is 7. The van der Waals surface area contributed by atoms with E-state index in [9.17, 15) is 19.5 Å². The molecular weight excluding hydrogens is 396 g/mol. The zero-order valence-electron chi connectivity index (χ0n) is 18.3. The third-order valence-electron chi connectivity index (χ3n) is 6.48. The van der Waals surface area contributed by atoms with Gasteiger partial charge in [-0.05, 0) is 45.2 Å². The number of likely N-dealkylation sites (N-methyl/N-ethyl adjacent to an activating group) is 1. The summed E-state index contributed by atoms with van der Waals surface area (Å²) in [6.07, 6.45) is 4.62. The number of aliphatic hydroxyl groups excluding tert-OH is 1. The first-order valence-electron chi connectivity index (χ1n) is 11.2. The minimum Gasteiger partial charge on any atom is -0.394 e. The predicted octanol–water partition coefficient (Wildman–Crippen LogP) is 0.863. The Bertz CT molecular complexity index is 772. The molecule has 0 bridgehead atoms. The molecule has 3 rings (SSSR count). The molecule has 5 atom stereocenters. The van der Waals surface area contributed by atoms with Crippen LogP contribution in [0.3, 0.4) is 0 Å². The minimum atomic E-state index is -0.623. The summed E-state index contributed by atoms with van der Waals surface area (Å²) in [7, 11) is 1.70. The van der Waals surface area contributed by atoms with Gasteiger partial charge in [0.15, 0.2) is 0 Å². The van der Waals surface area contributed by atoms with Gasteiger partial charge in [-0.1, -0.05) is 43.2 Å². The first kappa shape index (κ1) is 23.2. The Morgan fingerprint density at radius 3 is 2.52 bits per heavy atom. The van der Waals surface area contributed by atoms with Gasteiger partial charge in [0.2, 0.25) is 17.7 Å². The number of fused-ring (bicyclic) bond motifs is 1. The van der Waals surface area contributed by atoms with E-state index in [4.69, 9.17) is 0 Å². The van der Waals surface area contributed by atoms with E-state index in [1.807, 2.05) is 30.3 Å². The average molecular weight is 431 g/mol. The van der Waals surface area contributed by atoms with Gasteiger partial charge in [0, 0.05) is 6.04 Å². The first-order chi connectivity index (χ1) is 15.0. The molecule has 0 aromatic heterocycles. The third kappa shape index (κ3) is 5.43. The lowest BCUT2D eigenvalue weighted by atomic mass is 9.98. The summed E-state index contributed by atoms with van der Waals surface area (Å²) in [5.74, 6) is -0.658.